The van der Waals surface area contributed by atoms with Crippen molar-refractivity contribution >= 4 is 17.5 Å². The summed E-state index contributed by atoms with van der Waals surface area (Å²) in [7, 11) is 0. The van der Waals surface area contributed by atoms with Crippen LogP contribution in [0.25, 0.3) is 0 Å². The van der Waals surface area contributed by atoms with Crippen LogP contribution in [0, 0.1) is 0 Å². The molecule has 0 heterocycles. The number of carbonyl (C=O) groups is 1. The Bertz CT molecular complexity index is 486. The Morgan fingerprint density at radius 2 is 1.35 bits per heavy atom. The zero-order valence-corrected chi connectivity index (χ0v) is 11.3. The SMILES string of the molecule is CCOC(N)=O.c1ccc(N=Nc2ccccc2)cc1. The van der Waals surface area contributed by atoms with E-state index in [9.17, 15) is 4.79 Å². The maximum Gasteiger partial charge on any atom is 0.404 e. The van der Waals surface area contributed by atoms with Gasteiger partial charge in [-0.1, -0.05) is 36.4 Å². The van der Waals surface area contributed by atoms with Gasteiger partial charge in [0.2, 0.25) is 0 Å². The Balaban J connectivity index is 0.000000286. The van der Waals surface area contributed by atoms with Gasteiger partial charge in [0, 0.05) is 0 Å². The second-order valence-electron chi connectivity index (χ2n) is 3.62. The monoisotopic (exact) mass is 271 g/mol. The largest absolute Gasteiger partial charge is 0.450 e. The molecule has 0 radical (unpaired) electrons. The molecule has 2 aromatic rings. The van der Waals surface area contributed by atoms with Crippen molar-refractivity contribution in [3.05, 3.63) is 60.7 Å². The standard InChI is InChI=1S/C12H10N2.C3H7NO2/c1-3-7-11(8-4-1)13-14-12-9-5-2-6-10-12;1-2-6-3(4)5/h1-10H;2H2,1H3,(H2,4,5). The van der Waals surface area contributed by atoms with Gasteiger partial charge in [0.15, 0.2) is 0 Å². The number of rotatable bonds is 3. The van der Waals surface area contributed by atoms with Crippen LogP contribution in [0.3, 0.4) is 0 Å². The van der Waals surface area contributed by atoms with Crippen LogP contribution in [0.4, 0.5) is 16.2 Å². The van der Waals surface area contributed by atoms with E-state index < -0.39 is 6.09 Å². The summed E-state index contributed by atoms with van der Waals surface area (Å²) >= 11 is 0. The predicted octanol–water partition coefficient (Wildman–Crippen LogP) is 4.20. The van der Waals surface area contributed by atoms with Crippen molar-refractivity contribution < 1.29 is 9.53 Å². The lowest BCUT2D eigenvalue weighted by molar-refractivity contribution is 0.163. The first-order valence-corrected chi connectivity index (χ1v) is 6.16. The van der Waals surface area contributed by atoms with E-state index in [0.717, 1.165) is 11.4 Å². The summed E-state index contributed by atoms with van der Waals surface area (Å²) < 4.78 is 4.18. The molecule has 5 heteroatoms. The molecule has 0 aromatic heterocycles. The number of hydrogen-bond donors (Lipinski definition) is 1. The first-order valence-electron chi connectivity index (χ1n) is 6.16. The van der Waals surface area contributed by atoms with Gasteiger partial charge in [-0.2, -0.15) is 10.2 Å². The minimum Gasteiger partial charge on any atom is -0.450 e. The molecule has 0 saturated carbocycles. The fourth-order valence-corrected chi connectivity index (χ4v) is 1.25. The van der Waals surface area contributed by atoms with Crippen molar-refractivity contribution in [1.82, 2.24) is 0 Å². The third-order valence-electron chi connectivity index (χ3n) is 2.08. The van der Waals surface area contributed by atoms with Gasteiger partial charge >= 0.3 is 6.09 Å². The number of benzene rings is 2. The molecule has 0 aliphatic heterocycles. The molecule has 0 fully saturated rings. The number of azo groups is 1. The topological polar surface area (TPSA) is 77.0 Å². The number of primary amides is 1. The second-order valence-corrected chi connectivity index (χ2v) is 3.62. The number of nitrogens with two attached hydrogens (primary N) is 1. The van der Waals surface area contributed by atoms with Gasteiger partial charge in [-0.15, -0.1) is 0 Å². The second kappa shape index (κ2) is 9.27. The Hall–Kier alpha value is -2.69. The maximum atomic E-state index is 9.60. The Morgan fingerprint density at radius 1 is 0.950 bits per heavy atom. The van der Waals surface area contributed by atoms with E-state index in [1.807, 2.05) is 60.7 Å². The molecule has 0 unspecified atom stereocenters. The Labute approximate surface area is 118 Å². The minimum atomic E-state index is -0.711. The first-order chi connectivity index (χ1) is 9.72. The molecule has 0 atom stereocenters. The maximum absolute atomic E-state index is 9.60. The average molecular weight is 271 g/mol. The summed E-state index contributed by atoms with van der Waals surface area (Å²) in [5.41, 5.74) is 6.29. The third kappa shape index (κ3) is 6.90. The highest BCUT2D eigenvalue weighted by atomic mass is 16.5. The van der Waals surface area contributed by atoms with E-state index in [2.05, 4.69) is 20.7 Å². The van der Waals surface area contributed by atoms with E-state index in [1.165, 1.54) is 0 Å². The summed E-state index contributed by atoms with van der Waals surface area (Å²) in [5, 5.41) is 8.20. The smallest absolute Gasteiger partial charge is 0.404 e. The van der Waals surface area contributed by atoms with E-state index >= 15 is 0 Å². The van der Waals surface area contributed by atoms with Crippen LogP contribution in [-0.4, -0.2) is 12.7 Å². The highest BCUT2D eigenvalue weighted by molar-refractivity contribution is 5.64. The van der Waals surface area contributed by atoms with Gasteiger partial charge in [-0.05, 0) is 31.2 Å². The number of amides is 1. The van der Waals surface area contributed by atoms with Gasteiger partial charge in [0.1, 0.15) is 0 Å². The average Bonchev–Trinajstić information content (AvgIpc) is 2.48. The van der Waals surface area contributed by atoms with Crippen LogP contribution in [-0.2, 0) is 4.74 Å². The molecule has 5 nitrogen and oxygen atoms in total. The van der Waals surface area contributed by atoms with Gasteiger partial charge in [-0.3, -0.25) is 0 Å². The molecule has 2 N–H and O–H groups in total. The molecule has 104 valence electrons. The lowest BCUT2D eigenvalue weighted by Gasteiger charge is -1.91. The minimum absolute atomic E-state index is 0.356. The molecule has 0 saturated heterocycles. The molecule has 2 rings (SSSR count). The highest BCUT2D eigenvalue weighted by Crippen LogP contribution is 2.16. The van der Waals surface area contributed by atoms with Crippen LogP contribution in [0.1, 0.15) is 6.92 Å². The fourth-order valence-electron chi connectivity index (χ4n) is 1.25. The highest BCUT2D eigenvalue weighted by Gasteiger charge is 1.86. The molecule has 0 aliphatic rings. The molecule has 20 heavy (non-hydrogen) atoms. The van der Waals surface area contributed by atoms with E-state index in [0.29, 0.717) is 6.61 Å². The van der Waals surface area contributed by atoms with Crippen LogP contribution in [0.5, 0.6) is 0 Å². The summed E-state index contributed by atoms with van der Waals surface area (Å²) in [6, 6.07) is 19.4. The molecule has 2 aromatic carbocycles. The van der Waals surface area contributed by atoms with Crippen molar-refractivity contribution in [2.75, 3.05) is 6.61 Å². The fraction of sp³-hybridized carbons (Fsp3) is 0.133. The van der Waals surface area contributed by atoms with Crippen LogP contribution >= 0.6 is 0 Å². The number of ether oxygens (including phenoxy) is 1. The van der Waals surface area contributed by atoms with Crippen molar-refractivity contribution in [2.24, 2.45) is 16.0 Å². The van der Waals surface area contributed by atoms with E-state index in [4.69, 9.17) is 0 Å². The van der Waals surface area contributed by atoms with Crippen molar-refractivity contribution in [3.63, 3.8) is 0 Å². The predicted molar refractivity (Wildman–Crippen MR) is 78.3 cm³/mol. The lowest BCUT2D eigenvalue weighted by atomic mass is 10.3. The van der Waals surface area contributed by atoms with E-state index in [-0.39, 0.29) is 0 Å². The third-order valence-corrected chi connectivity index (χ3v) is 2.08. The molecule has 0 bridgehead atoms. The molecule has 1 amide bonds. The van der Waals surface area contributed by atoms with Gasteiger partial charge in [0.05, 0.1) is 18.0 Å². The summed E-state index contributed by atoms with van der Waals surface area (Å²) in [6.07, 6.45) is -0.711. The van der Waals surface area contributed by atoms with Crippen LogP contribution in [0.2, 0.25) is 0 Å². The number of carbonyl (C=O) groups excluding carboxylic acids is 1. The molecular formula is C15H17N3O2. The zero-order chi connectivity index (χ0) is 14.6. The van der Waals surface area contributed by atoms with Gasteiger partial charge in [0.25, 0.3) is 0 Å². The molecule has 0 aliphatic carbocycles. The summed E-state index contributed by atoms with van der Waals surface area (Å²) in [5.74, 6) is 0. The number of nitrogens with zero attached hydrogens (tertiary/aromatic N) is 2. The zero-order valence-electron chi connectivity index (χ0n) is 11.3. The number of hydrogen-bond acceptors (Lipinski definition) is 4. The van der Waals surface area contributed by atoms with Crippen LogP contribution in [0.15, 0.2) is 70.9 Å². The van der Waals surface area contributed by atoms with Crippen LogP contribution < -0.4 is 5.73 Å². The normalized spacial score (nSPS) is 9.65. The summed E-state index contributed by atoms with van der Waals surface area (Å²) in [6.45, 7) is 2.06. The molecular weight excluding hydrogens is 254 g/mol. The quantitative estimate of drug-likeness (QED) is 0.849. The Morgan fingerprint density at radius 3 is 1.60 bits per heavy atom. The van der Waals surface area contributed by atoms with Gasteiger partial charge < -0.3 is 10.5 Å². The van der Waals surface area contributed by atoms with E-state index in [1.54, 1.807) is 6.92 Å². The lowest BCUT2D eigenvalue weighted by Crippen LogP contribution is -2.11. The van der Waals surface area contributed by atoms with Gasteiger partial charge in [-0.25, -0.2) is 4.79 Å². The molecule has 0 spiro atoms. The van der Waals surface area contributed by atoms with Crippen molar-refractivity contribution in [2.45, 2.75) is 6.92 Å². The van der Waals surface area contributed by atoms with Crippen molar-refractivity contribution in [3.8, 4) is 0 Å². The Kier molecular flexibility index (Phi) is 7.12. The summed E-state index contributed by atoms with van der Waals surface area (Å²) in [4.78, 5) is 9.60. The first kappa shape index (κ1) is 15.4. The van der Waals surface area contributed by atoms with Crippen molar-refractivity contribution in [1.29, 1.82) is 0 Å².